The number of ether oxygens (including phenoxy) is 2. The molecule has 4 aromatic rings. The maximum absolute atomic E-state index is 13.5. The molecule has 1 aliphatic rings. The molecular formula is C32H28N2O6S. The molecule has 41 heavy (non-hydrogen) atoms. The lowest BCUT2D eigenvalue weighted by molar-refractivity contribution is -0.132. The highest BCUT2D eigenvalue weighted by molar-refractivity contribution is 7.17. The third kappa shape index (κ3) is 5.36. The zero-order chi connectivity index (χ0) is 29.3. The number of esters is 1. The number of thiazole rings is 1. The quantitative estimate of drug-likeness (QED) is 0.125. The number of Topliss-reactive ketones (excluding diaryl/α,β-unsaturated/α-hetero) is 1. The number of aryl methyl sites for hydroxylation is 3. The number of aliphatic hydroxyl groups excluding tert-OH is 1. The Bertz CT molecular complexity index is 1670. The number of benzene rings is 3. The normalized spacial score (nSPS) is 16.2. The van der Waals surface area contributed by atoms with Crippen molar-refractivity contribution in [3.8, 4) is 5.75 Å². The van der Waals surface area contributed by atoms with Crippen molar-refractivity contribution in [1.29, 1.82) is 0 Å². The number of carbonyl (C=O) groups excluding carboxylic acids is 3. The van der Waals surface area contributed by atoms with E-state index in [1.54, 1.807) is 37.3 Å². The lowest BCUT2D eigenvalue weighted by Crippen LogP contribution is -2.29. The third-order valence-electron chi connectivity index (χ3n) is 6.90. The topological polar surface area (TPSA) is 106 Å². The number of rotatable bonds is 7. The Hall–Kier alpha value is -4.76. The van der Waals surface area contributed by atoms with Gasteiger partial charge in [0, 0.05) is 5.56 Å². The zero-order valence-electron chi connectivity index (χ0n) is 23.0. The Morgan fingerprint density at radius 1 is 1.00 bits per heavy atom. The molecule has 0 spiro atoms. The predicted octanol–water partition coefficient (Wildman–Crippen LogP) is 6.06. The van der Waals surface area contributed by atoms with Crippen LogP contribution in [-0.2, 0) is 20.9 Å². The molecule has 1 N–H and O–H groups in total. The van der Waals surface area contributed by atoms with Gasteiger partial charge in [0.05, 0.1) is 24.4 Å². The number of hydrogen-bond donors (Lipinski definition) is 1. The maximum Gasteiger partial charge on any atom is 0.350 e. The van der Waals surface area contributed by atoms with Gasteiger partial charge in [-0.2, -0.15) is 0 Å². The van der Waals surface area contributed by atoms with Gasteiger partial charge in [-0.05, 0) is 55.7 Å². The molecule has 2 heterocycles. The van der Waals surface area contributed by atoms with Crippen LogP contribution in [0.25, 0.3) is 5.76 Å². The van der Waals surface area contributed by atoms with E-state index in [0.717, 1.165) is 28.0 Å². The van der Waals surface area contributed by atoms with E-state index < -0.39 is 23.7 Å². The second-order valence-corrected chi connectivity index (χ2v) is 10.7. The highest BCUT2D eigenvalue weighted by atomic mass is 32.1. The van der Waals surface area contributed by atoms with Gasteiger partial charge in [0.1, 0.15) is 23.0 Å². The standard InChI is InChI=1S/C32H28N2O6S/c1-18-10-11-19(2)24(16-18)27(35)25-26(22-12-14-23(15-13-22)40-17-21-8-6-5-7-9-21)34(30(37)28(25)36)32-33-20(3)29(41-32)31(38)39-4/h5-16,26,35H,17H2,1-4H3/b27-25+. The van der Waals surface area contributed by atoms with Crippen LogP contribution >= 0.6 is 11.3 Å². The summed E-state index contributed by atoms with van der Waals surface area (Å²) in [5.74, 6) is -1.96. The van der Waals surface area contributed by atoms with Gasteiger partial charge >= 0.3 is 11.9 Å². The summed E-state index contributed by atoms with van der Waals surface area (Å²) < 4.78 is 10.8. The van der Waals surface area contributed by atoms with E-state index >= 15 is 0 Å². The van der Waals surface area contributed by atoms with Crippen molar-refractivity contribution in [2.45, 2.75) is 33.4 Å². The molecule has 1 amide bonds. The molecule has 9 heteroatoms. The van der Waals surface area contributed by atoms with Crippen molar-refractivity contribution < 1.29 is 29.0 Å². The first-order valence-corrected chi connectivity index (χ1v) is 13.7. The number of amides is 1. The van der Waals surface area contributed by atoms with Crippen molar-refractivity contribution in [1.82, 2.24) is 4.98 Å². The number of ketones is 1. The maximum atomic E-state index is 13.5. The summed E-state index contributed by atoms with van der Waals surface area (Å²) in [5.41, 5.74) is 3.99. The minimum absolute atomic E-state index is 0.0610. The SMILES string of the molecule is COC(=O)c1sc(N2C(=O)C(=O)/C(=C(/O)c3cc(C)ccc3C)C2c2ccc(OCc3ccccc3)cc2)nc1C. The van der Waals surface area contributed by atoms with Crippen molar-refractivity contribution >= 4 is 39.9 Å². The van der Waals surface area contributed by atoms with Crippen LogP contribution in [0.5, 0.6) is 5.75 Å². The van der Waals surface area contributed by atoms with Gasteiger partial charge in [-0.1, -0.05) is 71.5 Å². The molecule has 1 saturated heterocycles. The number of hydrogen-bond acceptors (Lipinski definition) is 8. The number of nitrogens with zero attached hydrogens (tertiary/aromatic N) is 2. The molecule has 1 unspecified atom stereocenters. The van der Waals surface area contributed by atoms with Gasteiger partial charge < -0.3 is 14.6 Å². The molecule has 0 saturated carbocycles. The number of methoxy groups -OCH3 is 1. The van der Waals surface area contributed by atoms with Crippen LogP contribution in [0, 0.1) is 20.8 Å². The second-order valence-electron chi connectivity index (χ2n) is 9.73. The minimum atomic E-state index is -0.992. The first kappa shape index (κ1) is 27.8. The highest BCUT2D eigenvalue weighted by Gasteiger charge is 2.48. The molecule has 1 fully saturated rings. The summed E-state index contributed by atoms with van der Waals surface area (Å²) >= 11 is 0.956. The molecule has 0 aliphatic carbocycles. The molecular weight excluding hydrogens is 540 g/mol. The molecule has 0 bridgehead atoms. The van der Waals surface area contributed by atoms with E-state index in [-0.39, 0.29) is 21.3 Å². The van der Waals surface area contributed by atoms with Gasteiger partial charge in [0.25, 0.3) is 5.78 Å². The van der Waals surface area contributed by atoms with E-state index in [1.807, 2.05) is 56.3 Å². The molecule has 1 aromatic heterocycles. The molecule has 5 rings (SSSR count). The van der Waals surface area contributed by atoms with Gasteiger partial charge in [0.2, 0.25) is 0 Å². The minimum Gasteiger partial charge on any atom is -0.507 e. The zero-order valence-corrected chi connectivity index (χ0v) is 23.8. The smallest absolute Gasteiger partial charge is 0.350 e. The Balaban J connectivity index is 1.61. The van der Waals surface area contributed by atoms with E-state index in [1.165, 1.54) is 12.0 Å². The Kier molecular flexibility index (Phi) is 7.72. The van der Waals surface area contributed by atoms with Crippen molar-refractivity contribution in [3.63, 3.8) is 0 Å². The first-order chi connectivity index (χ1) is 19.7. The van der Waals surface area contributed by atoms with E-state index in [2.05, 4.69) is 4.98 Å². The Morgan fingerprint density at radius 3 is 2.39 bits per heavy atom. The fraction of sp³-hybridized carbons (Fsp3) is 0.188. The van der Waals surface area contributed by atoms with Gasteiger partial charge in [-0.15, -0.1) is 0 Å². The predicted molar refractivity (Wildman–Crippen MR) is 156 cm³/mol. The van der Waals surface area contributed by atoms with E-state index in [0.29, 0.717) is 29.2 Å². The molecule has 1 aliphatic heterocycles. The van der Waals surface area contributed by atoms with Crippen LogP contribution in [0.3, 0.4) is 0 Å². The van der Waals surface area contributed by atoms with E-state index in [9.17, 15) is 19.5 Å². The summed E-state index contributed by atoms with van der Waals surface area (Å²) in [6, 6.07) is 21.3. The summed E-state index contributed by atoms with van der Waals surface area (Å²) in [6.07, 6.45) is 0. The number of aliphatic hydroxyl groups is 1. The van der Waals surface area contributed by atoms with Crippen molar-refractivity contribution in [2.75, 3.05) is 12.0 Å². The van der Waals surface area contributed by atoms with Gasteiger partial charge in [-0.25, -0.2) is 9.78 Å². The van der Waals surface area contributed by atoms with Crippen molar-refractivity contribution in [3.05, 3.63) is 117 Å². The van der Waals surface area contributed by atoms with Crippen LogP contribution in [0.4, 0.5) is 5.13 Å². The average Bonchev–Trinajstić information content (AvgIpc) is 3.49. The first-order valence-electron chi connectivity index (χ1n) is 12.9. The summed E-state index contributed by atoms with van der Waals surface area (Å²) in [4.78, 5) is 45.3. The molecule has 3 aromatic carbocycles. The average molecular weight is 569 g/mol. The third-order valence-corrected chi connectivity index (χ3v) is 8.04. The van der Waals surface area contributed by atoms with Crippen LogP contribution in [0.1, 0.15) is 49.2 Å². The fourth-order valence-corrected chi connectivity index (χ4v) is 5.75. The number of aromatic nitrogens is 1. The fourth-order valence-electron chi connectivity index (χ4n) is 4.74. The van der Waals surface area contributed by atoms with E-state index in [4.69, 9.17) is 9.47 Å². The summed E-state index contributed by atoms with van der Waals surface area (Å²) in [7, 11) is 1.26. The number of carbonyl (C=O) groups is 3. The van der Waals surface area contributed by atoms with Gasteiger partial charge in [-0.3, -0.25) is 14.5 Å². The monoisotopic (exact) mass is 568 g/mol. The molecule has 8 nitrogen and oxygen atoms in total. The summed E-state index contributed by atoms with van der Waals surface area (Å²) in [6.45, 7) is 5.71. The Morgan fingerprint density at radius 2 is 1.71 bits per heavy atom. The van der Waals surface area contributed by atoms with Crippen LogP contribution < -0.4 is 9.64 Å². The summed E-state index contributed by atoms with van der Waals surface area (Å²) in [5, 5.41) is 11.7. The lowest BCUT2D eigenvalue weighted by atomic mass is 9.93. The lowest BCUT2D eigenvalue weighted by Gasteiger charge is -2.23. The van der Waals surface area contributed by atoms with Crippen LogP contribution in [0.2, 0.25) is 0 Å². The highest BCUT2D eigenvalue weighted by Crippen LogP contribution is 2.44. The largest absolute Gasteiger partial charge is 0.507 e. The van der Waals surface area contributed by atoms with Crippen LogP contribution in [0.15, 0.2) is 78.4 Å². The second kappa shape index (κ2) is 11.4. The van der Waals surface area contributed by atoms with Gasteiger partial charge in [0.15, 0.2) is 5.13 Å². The Labute approximate surface area is 241 Å². The van der Waals surface area contributed by atoms with Crippen molar-refractivity contribution in [2.24, 2.45) is 0 Å². The number of anilines is 1. The molecule has 208 valence electrons. The molecule has 1 atom stereocenters. The molecule has 0 radical (unpaired) electrons. The van der Waals surface area contributed by atoms with Crippen LogP contribution in [-0.4, -0.2) is 34.9 Å².